The average molecular weight is 281 g/mol. The fourth-order valence-electron chi connectivity index (χ4n) is 1.74. The lowest BCUT2D eigenvalue weighted by molar-refractivity contribution is -0.645. The highest BCUT2D eigenvalue weighted by atomic mass is 79.9. The number of nitrogens with two attached hydrogens (primary N) is 1. The maximum atomic E-state index is 5.78. The first-order valence-electron chi connectivity index (χ1n) is 5.34. The summed E-state index contributed by atoms with van der Waals surface area (Å²) in [7, 11) is 2.03. The maximum Gasteiger partial charge on any atom is 0.158 e. The minimum Gasteiger partial charge on any atom is -0.455 e. The van der Waals surface area contributed by atoms with Crippen LogP contribution in [-0.4, -0.2) is 7.05 Å². The molecule has 0 spiro atoms. The maximum absolute atomic E-state index is 5.78. The monoisotopic (exact) mass is 280 g/mol. The first-order chi connectivity index (χ1) is 7.70. The molecule has 2 aromatic rings. The highest BCUT2D eigenvalue weighted by Crippen LogP contribution is 2.27. The Morgan fingerprint density at radius 2 is 2.06 bits per heavy atom. The normalized spacial score (nSPS) is 10.7. The summed E-state index contributed by atoms with van der Waals surface area (Å²) in [5.74, 6) is 1.96. The van der Waals surface area contributed by atoms with Gasteiger partial charge in [0.1, 0.15) is 12.3 Å². The van der Waals surface area contributed by atoms with Crippen molar-refractivity contribution in [2.75, 3.05) is 7.05 Å². The topological polar surface area (TPSA) is 29.8 Å². The van der Waals surface area contributed by atoms with Crippen molar-refractivity contribution in [2.45, 2.75) is 13.5 Å². The molecule has 0 bridgehead atoms. The highest BCUT2D eigenvalue weighted by molar-refractivity contribution is 9.10. The van der Waals surface area contributed by atoms with E-state index >= 15 is 0 Å². The van der Waals surface area contributed by atoms with E-state index in [0.29, 0.717) is 0 Å². The Labute approximate surface area is 104 Å². The van der Waals surface area contributed by atoms with E-state index < -0.39 is 0 Å². The van der Waals surface area contributed by atoms with Gasteiger partial charge in [-0.2, -0.15) is 0 Å². The third kappa shape index (κ3) is 2.36. The van der Waals surface area contributed by atoms with Gasteiger partial charge in [-0.15, -0.1) is 0 Å². The minimum atomic E-state index is 0.884. The predicted octanol–water partition coefficient (Wildman–Crippen LogP) is 2.71. The van der Waals surface area contributed by atoms with Crippen LogP contribution >= 0.6 is 15.9 Å². The molecule has 2 nitrogen and oxygen atoms in total. The van der Waals surface area contributed by atoms with Crippen LogP contribution in [0.1, 0.15) is 11.3 Å². The zero-order chi connectivity index (χ0) is 11.5. The van der Waals surface area contributed by atoms with Crippen molar-refractivity contribution >= 4 is 15.9 Å². The lowest BCUT2D eigenvalue weighted by Crippen LogP contribution is -2.77. The second kappa shape index (κ2) is 4.85. The molecular weight excluding hydrogens is 266 g/mol. The van der Waals surface area contributed by atoms with Gasteiger partial charge < -0.3 is 9.73 Å². The van der Waals surface area contributed by atoms with Gasteiger partial charge in [-0.25, -0.2) is 0 Å². The molecule has 0 atom stereocenters. The molecule has 1 aromatic carbocycles. The van der Waals surface area contributed by atoms with E-state index in [9.17, 15) is 0 Å². The van der Waals surface area contributed by atoms with E-state index in [1.807, 2.05) is 25.2 Å². The second-order valence-corrected chi connectivity index (χ2v) is 4.75. The summed E-state index contributed by atoms with van der Waals surface area (Å²) in [5, 5.41) is 2.09. The Morgan fingerprint density at radius 1 is 1.25 bits per heavy atom. The molecule has 2 rings (SSSR count). The van der Waals surface area contributed by atoms with E-state index in [4.69, 9.17) is 4.42 Å². The average Bonchev–Trinajstić information content (AvgIpc) is 2.67. The lowest BCUT2D eigenvalue weighted by atomic mass is 10.1. The van der Waals surface area contributed by atoms with Crippen LogP contribution in [0, 0.1) is 6.92 Å². The zero-order valence-electron chi connectivity index (χ0n) is 9.46. The molecule has 0 aliphatic rings. The molecule has 84 valence electrons. The van der Waals surface area contributed by atoms with E-state index in [-0.39, 0.29) is 0 Å². The summed E-state index contributed by atoms with van der Waals surface area (Å²) in [6.07, 6.45) is 0. The summed E-state index contributed by atoms with van der Waals surface area (Å²) >= 11 is 3.46. The molecule has 1 aromatic heterocycles. The van der Waals surface area contributed by atoms with Crippen LogP contribution in [0.5, 0.6) is 0 Å². The Kier molecular flexibility index (Phi) is 3.46. The molecule has 0 unspecified atom stereocenters. The van der Waals surface area contributed by atoms with Crippen molar-refractivity contribution in [3.8, 4) is 11.3 Å². The Morgan fingerprint density at radius 3 is 2.75 bits per heavy atom. The molecule has 1 heterocycles. The molecule has 0 aliphatic carbocycles. The smallest absolute Gasteiger partial charge is 0.158 e. The largest absolute Gasteiger partial charge is 0.455 e. The van der Waals surface area contributed by atoms with Gasteiger partial charge in [-0.3, -0.25) is 0 Å². The number of hydrogen-bond acceptors (Lipinski definition) is 1. The molecule has 0 aliphatic heterocycles. The summed E-state index contributed by atoms with van der Waals surface area (Å²) < 4.78 is 6.88. The number of furan rings is 1. The number of benzene rings is 1. The Bertz CT molecular complexity index is 490. The number of halogens is 1. The van der Waals surface area contributed by atoms with Gasteiger partial charge in [0.2, 0.25) is 0 Å². The predicted molar refractivity (Wildman–Crippen MR) is 68.1 cm³/mol. The molecule has 0 saturated carbocycles. The van der Waals surface area contributed by atoms with Gasteiger partial charge in [0.05, 0.1) is 7.05 Å². The van der Waals surface area contributed by atoms with Crippen molar-refractivity contribution in [1.82, 2.24) is 0 Å². The van der Waals surface area contributed by atoms with Crippen molar-refractivity contribution < 1.29 is 9.73 Å². The van der Waals surface area contributed by atoms with E-state index in [0.717, 1.165) is 28.1 Å². The van der Waals surface area contributed by atoms with Crippen LogP contribution in [0.3, 0.4) is 0 Å². The fourth-order valence-corrected chi connectivity index (χ4v) is 2.21. The molecule has 0 fully saturated rings. The van der Waals surface area contributed by atoms with Gasteiger partial charge in [0.15, 0.2) is 5.76 Å². The molecule has 16 heavy (non-hydrogen) atoms. The minimum absolute atomic E-state index is 0.884. The second-order valence-electron chi connectivity index (χ2n) is 3.84. The first kappa shape index (κ1) is 11.4. The number of aryl methyl sites for hydroxylation is 1. The first-order valence-corrected chi connectivity index (χ1v) is 6.13. The van der Waals surface area contributed by atoms with Crippen LogP contribution in [0.4, 0.5) is 0 Å². The van der Waals surface area contributed by atoms with Crippen LogP contribution in [0.15, 0.2) is 39.2 Å². The third-order valence-electron chi connectivity index (χ3n) is 2.52. The standard InChI is InChI=1S/C13H14BrNO/c1-9-7-10(14)3-5-12(9)13-6-4-11(16-13)8-15-2/h3-7,15H,8H2,1-2H3/p+1. The molecule has 2 N–H and O–H groups in total. The number of quaternary nitrogens is 1. The zero-order valence-corrected chi connectivity index (χ0v) is 11.0. The SMILES string of the molecule is C[NH2+]Cc1ccc(-c2ccc(Br)cc2C)o1. The van der Waals surface area contributed by atoms with Crippen molar-refractivity contribution in [2.24, 2.45) is 0 Å². The van der Waals surface area contributed by atoms with E-state index in [1.165, 1.54) is 5.56 Å². The Hall–Kier alpha value is -1.06. The lowest BCUT2D eigenvalue weighted by Gasteiger charge is -2.02. The summed E-state index contributed by atoms with van der Waals surface area (Å²) in [6, 6.07) is 10.3. The van der Waals surface area contributed by atoms with Crippen molar-refractivity contribution in [3.63, 3.8) is 0 Å². The third-order valence-corrected chi connectivity index (χ3v) is 3.01. The van der Waals surface area contributed by atoms with Crippen LogP contribution in [0.2, 0.25) is 0 Å². The molecule has 0 radical (unpaired) electrons. The van der Waals surface area contributed by atoms with Crippen molar-refractivity contribution in [1.29, 1.82) is 0 Å². The van der Waals surface area contributed by atoms with E-state index in [1.54, 1.807) is 0 Å². The molecule has 0 saturated heterocycles. The Balaban J connectivity index is 2.35. The number of rotatable bonds is 3. The van der Waals surface area contributed by atoms with Gasteiger partial charge in [-0.05, 0) is 42.8 Å². The van der Waals surface area contributed by atoms with Crippen LogP contribution in [-0.2, 0) is 6.54 Å². The van der Waals surface area contributed by atoms with Gasteiger partial charge in [-0.1, -0.05) is 15.9 Å². The van der Waals surface area contributed by atoms with Crippen LogP contribution in [0.25, 0.3) is 11.3 Å². The highest BCUT2D eigenvalue weighted by Gasteiger charge is 2.07. The molecular formula is C13H15BrNO+. The van der Waals surface area contributed by atoms with Crippen LogP contribution < -0.4 is 5.32 Å². The fraction of sp³-hybridized carbons (Fsp3) is 0.231. The van der Waals surface area contributed by atoms with Gasteiger partial charge in [0, 0.05) is 10.0 Å². The number of hydrogen-bond donors (Lipinski definition) is 1. The molecule has 3 heteroatoms. The summed E-state index contributed by atoms with van der Waals surface area (Å²) in [5.41, 5.74) is 2.38. The summed E-state index contributed by atoms with van der Waals surface area (Å²) in [4.78, 5) is 0. The van der Waals surface area contributed by atoms with E-state index in [2.05, 4.69) is 40.3 Å². The molecule has 0 amide bonds. The van der Waals surface area contributed by atoms with Gasteiger partial charge >= 0.3 is 0 Å². The van der Waals surface area contributed by atoms with Gasteiger partial charge in [0.25, 0.3) is 0 Å². The summed E-state index contributed by atoms with van der Waals surface area (Å²) in [6.45, 7) is 2.98. The van der Waals surface area contributed by atoms with Crippen molar-refractivity contribution in [3.05, 3.63) is 46.1 Å². The quantitative estimate of drug-likeness (QED) is 0.921.